The molecule has 1 heterocycles. The highest BCUT2D eigenvalue weighted by molar-refractivity contribution is 5.88. The second-order valence-corrected chi connectivity index (χ2v) is 5.50. The van der Waals surface area contributed by atoms with Crippen LogP contribution in [0.1, 0.15) is 34.8 Å². The Bertz CT molecular complexity index is 699. The van der Waals surface area contributed by atoms with Crippen molar-refractivity contribution >= 4 is 17.2 Å². The third-order valence-electron chi connectivity index (χ3n) is 4.11. The summed E-state index contributed by atoms with van der Waals surface area (Å²) in [5.41, 5.74) is 5.22. The summed E-state index contributed by atoms with van der Waals surface area (Å²) < 4.78 is 0. The maximum absolute atomic E-state index is 10.9. The van der Waals surface area contributed by atoms with Crippen LogP contribution in [0.25, 0.3) is 5.57 Å². The highest BCUT2D eigenvalue weighted by Crippen LogP contribution is 2.29. The minimum atomic E-state index is -0.885. The fourth-order valence-corrected chi connectivity index (χ4v) is 2.73. The molecule has 0 fully saturated rings. The molecule has 2 aromatic carbocycles. The summed E-state index contributed by atoms with van der Waals surface area (Å²) in [4.78, 5) is 13.1. The molecule has 0 bridgehead atoms. The van der Waals surface area contributed by atoms with Crippen molar-refractivity contribution in [1.29, 1.82) is 0 Å². The molecule has 2 aromatic rings. The molecule has 0 radical (unpaired) electrons. The van der Waals surface area contributed by atoms with Crippen molar-refractivity contribution in [1.82, 2.24) is 0 Å². The van der Waals surface area contributed by atoms with E-state index in [1.165, 1.54) is 16.8 Å². The van der Waals surface area contributed by atoms with E-state index in [9.17, 15) is 4.79 Å². The van der Waals surface area contributed by atoms with Gasteiger partial charge in [0.1, 0.15) is 0 Å². The minimum absolute atomic E-state index is 0.328. The molecule has 112 valence electrons. The molecule has 3 rings (SSSR count). The summed E-state index contributed by atoms with van der Waals surface area (Å²) in [6, 6.07) is 15.8. The van der Waals surface area contributed by atoms with Gasteiger partial charge in [-0.25, -0.2) is 4.79 Å². The minimum Gasteiger partial charge on any atom is -0.478 e. The highest BCUT2D eigenvalue weighted by Gasteiger charge is 2.15. The van der Waals surface area contributed by atoms with Crippen LogP contribution in [-0.2, 0) is 6.42 Å². The number of carboxylic acids is 1. The van der Waals surface area contributed by atoms with Crippen LogP contribution in [0.2, 0.25) is 0 Å². The first kappa shape index (κ1) is 14.4. The van der Waals surface area contributed by atoms with Gasteiger partial charge in [-0.2, -0.15) is 0 Å². The van der Waals surface area contributed by atoms with E-state index in [1.54, 1.807) is 12.1 Å². The van der Waals surface area contributed by atoms with Gasteiger partial charge in [-0.15, -0.1) is 0 Å². The quantitative estimate of drug-likeness (QED) is 0.918. The molecule has 0 spiro atoms. The largest absolute Gasteiger partial charge is 0.478 e. The fraction of sp³-hybridized carbons (Fsp3) is 0.211. The first-order valence-corrected chi connectivity index (χ1v) is 7.57. The van der Waals surface area contributed by atoms with Crippen molar-refractivity contribution in [2.75, 3.05) is 11.4 Å². The Morgan fingerprint density at radius 2 is 1.77 bits per heavy atom. The molecule has 0 unspecified atom stereocenters. The van der Waals surface area contributed by atoms with Gasteiger partial charge in [0.05, 0.1) is 5.56 Å². The molecule has 1 aliphatic heterocycles. The average molecular weight is 293 g/mol. The smallest absolute Gasteiger partial charge is 0.335 e. The predicted molar refractivity (Wildman–Crippen MR) is 89.2 cm³/mol. The molecule has 3 nitrogen and oxygen atoms in total. The van der Waals surface area contributed by atoms with Crippen LogP contribution >= 0.6 is 0 Å². The van der Waals surface area contributed by atoms with Crippen molar-refractivity contribution in [3.8, 4) is 0 Å². The van der Waals surface area contributed by atoms with Crippen LogP contribution in [0, 0.1) is 0 Å². The van der Waals surface area contributed by atoms with Gasteiger partial charge in [0, 0.05) is 18.4 Å². The third-order valence-corrected chi connectivity index (χ3v) is 4.11. The van der Waals surface area contributed by atoms with Gasteiger partial charge >= 0.3 is 5.97 Å². The first-order chi connectivity index (χ1) is 10.7. The topological polar surface area (TPSA) is 40.5 Å². The average Bonchev–Trinajstić information content (AvgIpc) is 3.05. The lowest BCUT2D eigenvalue weighted by molar-refractivity contribution is 0.0697. The lowest BCUT2D eigenvalue weighted by Crippen LogP contribution is -2.11. The Kier molecular flexibility index (Phi) is 3.96. The van der Waals surface area contributed by atoms with E-state index in [2.05, 4.69) is 42.3 Å². The highest BCUT2D eigenvalue weighted by atomic mass is 16.4. The number of aryl methyl sites for hydroxylation is 1. The van der Waals surface area contributed by atoms with Crippen molar-refractivity contribution in [2.45, 2.75) is 19.8 Å². The molecule has 0 amide bonds. The molecule has 0 aromatic heterocycles. The van der Waals surface area contributed by atoms with Gasteiger partial charge in [0.25, 0.3) is 0 Å². The van der Waals surface area contributed by atoms with E-state index in [0.29, 0.717) is 5.56 Å². The Morgan fingerprint density at radius 1 is 1.09 bits per heavy atom. The zero-order valence-electron chi connectivity index (χ0n) is 12.6. The number of anilines is 1. The van der Waals surface area contributed by atoms with Gasteiger partial charge in [-0.3, -0.25) is 0 Å². The van der Waals surface area contributed by atoms with Crippen LogP contribution in [0.15, 0.2) is 54.7 Å². The van der Waals surface area contributed by atoms with Crippen LogP contribution in [0.3, 0.4) is 0 Å². The van der Waals surface area contributed by atoms with E-state index in [4.69, 9.17) is 5.11 Å². The first-order valence-electron chi connectivity index (χ1n) is 7.57. The maximum Gasteiger partial charge on any atom is 0.335 e. The Labute approximate surface area is 130 Å². The molecule has 1 aliphatic rings. The maximum atomic E-state index is 10.9. The summed E-state index contributed by atoms with van der Waals surface area (Å²) >= 11 is 0. The zero-order chi connectivity index (χ0) is 15.5. The number of hydrogen-bond acceptors (Lipinski definition) is 2. The molecule has 0 aliphatic carbocycles. The van der Waals surface area contributed by atoms with E-state index < -0.39 is 5.97 Å². The number of hydrogen-bond donors (Lipinski definition) is 1. The van der Waals surface area contributed by atoms with Crippen LogP contribution in [0.5, 0.6) is 0 Å². The monoisotopic (exact) mass is 293 g/mol. The standard InChI is InChI=1S/C19H19NO2/c1-2-14-3-9-18(10-4-14)20-12-11-17(13-20)15-5-7-16(8-6-15)19(21)22/h3-10,13H,2,11-12H2,1H3,(H,21,22). The molecule has 3 heteroatoms. The van der Waals surface area contributed by atoms with Crippen LogP contribution in [-0.4, -0.2) is 17.6 Å². The molecular formula is C19H19NO2. The second-order valence-electron chi connectivity index (χ2n) is 5.50. The van der Waals surface area contributed by atoms with Crippen LogP contribution in [0.4, 0.5) is 5.69 Å². The molecule has 1 N–H and O–H groups in total. The molecular weight excluding hydrogens is 274 g/mol. The van der Waals surface area contributed by atoms with E-state index in [1.807, 2.05) is 12.1 Å². The Balaban J connectivity index is 1.79. The summed E-state index contributed by atoms with van der Waals surface area (Å²) in [5, 5.41) is 8.95. The molecule has 0 saturated heterocycles. The fourth-order valence-electron chi connectivity index (χ4n) is 2.73. The van der Waals surface area contributed by atoms with Crippen LogP contribution < -0.4 is 4.90 Å². The Morgan fingerprint density at radius 3 is 2.36 bits per heavy atom. The van der Waals surface area contributed by atoms with Crippen molar-refractivity contribution in [3.63, 3.8) is 0 Å². The van der Waals surface area contributed by atoms with E-state index in [-0.39, 0.29) is 0 Å². The summed E-state index contributed by atoms with van der Waals surface area (Å²) in [6.45, 7) is 3.12. The zero-order valence-corrected chi connectivity index (χ0v) is 12.6. The number of aromatic carboxylic acids is 1. The summed E-state index contributed by atoms with van der Waals surface area (Å²) in [5.74, 6) is -0.885. The van der Waals surface area contributed by atoms with Gasteiger partial charge in [-0.05, 0) is 53.8 Å². The lowest BCUT2D eigenvalue weighted by Gasteiger charge is -2.15. The van der Waals surface area contributed by atoms with E-state index in [0.717, 1.165) is 24.9 Å². The number of rotatable bonds is 4. The van der Waals surface area contributed by atoms with Gasteiger partial charge in [0.2, 0.25) is 0 Å². The molecule has 0 atom stereocenters. The molecule has 0 saturated carbocycles. The summed E-state index contributed by atoms with van der Waals surface area (Å²) in [7, 11) is 0. The molecule has 22 heavy (non-hydrogen) atoms. The third kappa shape index (κ3) is 2.89. The number of carbonyl (C=O) groups is 1. The lowest BCUT2D eigenvalue weighted by atomic mass is 10.0. The number of benzene rings is 2. The van der Waals surface area contributed by atoms with Crippen molar-refractivity contribution in [2.24, 2.45) is 0 Å². The van der Waals surface area contributed by atoms with Gasteiger partial charge in [0.15, 0.2) is 0 Å². The number of carboxylic acid groups (broad SMARTS) is 1. The summed E-state index contributed by atoms with van der Waals surface area (Å²) in [6.07, 6.45) is 4.19. The van der Waals surface area contributed by atoms with Gasteiger partial charge in [-0.1, -0.05) is 31.2 Å². The number of nitrogens with zero attached hydrogens (tertiary/aromatic N) is 1. The van der Waals surface area contributed by atoms with Crippen molar-refractivity contribution in [3.05, 3.63) is 71.4 Å². The SMILES string of the molecule is CCc1ccc(N2C=C(c3ccc(C(=O)O)cc3)CC2)cc1. The normalized spacial score (nSPS) is 14.0. The van der Waals surface area contributed by atoms with Crippen molar-refractivity contribution < 1.29 is 9.90 Å². The van der Waals surface area contributed by atoms with Gasteiger partial charge < -0.3 is 10.0 Å². The second kappa shape index (κ2) is 6.06. The Hall–Kier alpha value is -2.55. The predicted octanol–water partition coefficient (Wildman–Crippen LogP) is 4.20. The van der Waals surface area contributed by atoms with E-state index >= 15 is 0 Å².